The van der Waals surface area contributed by atoms with Crippen LogP contribution < -0.4 is 11.2 Å². The van der Waals surface area contributed by atoms with Gasteiger partial charge in [-0.2, -0.15) is 0 Å². The number of H-pyrrole nitrogens is 1. The average molecular weight is 156 g/mol. The fraction of sp³-hybridized carbons (Fsp3) is 0.333. The molecular formula is C6H8N2O3. The maximum Gasteiger partial charge on any atom is 0.328 e. The Kier molecular flexibility index (Phi) is 1.91. The Bertz CT molecular complexity index is 363. The zero-order chi connectivity index (χ0) is 8.43. The van der Waals surface area contributed by atoms with Crippen LogP contribution in [0.2, 0.25) is 0 Å². The third-order valence-electron chi connectivity index (χ3n) is 1.43. The number of aliphatic hydroxyl groups is 1. The molecule has 0 saturated carbocycles. The van der Waals surface area contributed by atoms with E-state index in [0.29, 0.717) is 5.69 Å². The molecule has 0 saturated heterocycles. The second kappa shape index (κ2) is 2.71. The molecule has 0 aliphatic carbocycles. The van der Waals surface area contributed by atoms with Gasteiger partial charge >= 0.3 is 5.69 Å². The molecule has 5 nitrogen and oxygen atoms in total. The van der Waals surface area contributed by atoms with Crippen LogP contribution >= 0.6 is 0 Å². The van der Waals surface area contributed by atoms with Gasteiger partial charge in [0.1, 0.15) is 0 Å². The Labute approximate surface area is 61.9 Å². The van der Waals surface area contributed by atoms with E-state index in [4.69, 9.17) is 5.11 Å². The molecule has 0 fully saturated rings. The minimum absolute atomic E-state index is 0.304. The van der Waals surface area contributed by atoms with Gasteiger partial charge in [-0.3, -0.25) is 14.3 Å². The van der Waals surface area contributed by atoms with Crippen LogP contribution in [0.1, 0.15) is 5.69 Å². The van der Waals surface area contributed by atoms with E-state index >= 15 is 0 Å². The standard InChI is InChI=1S/C6H8N2O3/c1-8-4(3-9)2-5(10)7-6(8)11/h2,9H,3H2,1H3,(H,7,10,11). The Hall–Kier alpha value is -1.36. The molecule has 0 radical (unpaired) electrons. The molecule has 0 aromatic carbocycles. The summed E-state index contributed by atoms with van der Waals surface area (Å²) >= 11 is 0. The van der Waals surface area contributed by atoms with Crippen molar-refractivity contribution < 1.29 is 5.11 Å². The molecule has 0 aliphatic heterocycles. The van der Waals surface area contributed by atoms with Crippen molar-refractivity contribution in [3.63, 3.8) is 0 Å². The Morgan fingerprint density at radius 2 is 2.27 bits per heavy atom. The fourth-order valence-electron chi connectivity index (χ4n) is 0.756. The Morgan fingerprint density at radius 1 is 1.64 bits per heavy atom. The van der Waals surface area contributed by atoms with Crippen molar-refractivity contribution in [2.75, 3.05) is 0 Å². The lowest BCUT2D eigenvalue weighted by molar-refractivity contribution is 0.270. The van der Waals surface area contributed by atoms with E-state index in [0.717, 1.165) is 0 Å². The number of aliphatic hydroxyl groups excluding tert-OH is 1. The first-order valence-electron chi connectivity index (χ1n) is 3.05. The highest BCUT2D eigenvalue weighted by molar-refractivity contribution is 4.98. The van der Waals surface area contributed by atoms with E-state index in [1.165, 1.54) is 17.7 Å². The number of hydrogen-bond acceptors (Lipinski definition) is 3. The molecule has 0 spiro atoms. The molecule has 0 aliphatic rings. The number of nitrogens with one attached hydrogen (secondary N) is 1. The summed E-state index contributed by atoms with van der Waals surface area (Å²) in [5.41, 5.74) is -0.697. The Balaban J connectivity index is 3.49. The zero-order valence-electron chi connectivity index (χ0n) is 6.00. The third-order valence-corrected chi connectivity index (χ3v) is 1.43. The highest BCUT2D eigenvalue weighted by Crippen LogP contribution is 1.86. The molecule has 2 N–H and O–H groups in total. The summed E-state index contributed by atoms with van der Waals surface area (Å²) in [6.07, 6.45) is 0. The van der Waals surface area contributed by atoms with Crippen molar-refractivity contribution >= 4 is 0 Å². The minimum atomic E-state index is -0.512. The summed E-state index contributed by atoms with van der Waals surface area (Å²) in [7, 11) is 1.48. The molecular weight excluding hydrogens is 148 g/mol. The van der Waals surface area contributed by atoms with Crippen LogP contribution in [0, 0.1) is 0 Å². The fourth-order valence-corrected chi connectivity index (χ4v) is 0.756. The van der Waals surface area contributed by atoms with Crippen LogP contribution in [0.15, 0.2) is 15.7 Å². The molecule has 1 aromatic rings. The van der Waals surface area contributed by atoms with Gasteiger partial charge in [-0.25, -0.2) is 4.79 Å². The van der Waals surface area contributed by atoms with Gasteiger partial charge in [-0.15, -0.1) is 0 Å². The topological polar surface area (TPSA) is 75.1 Å². The molecule has 0 unspecified atom stereocenters. The lowest BCUT2D eigenvalue weighted by atomic mass is 10.4. The molecule has 11 heavy (non-hydrogen) atoms. The van der Waals surface area contributed by atoms with Gasteiger partial charge in [0, 0.05) is 13.1 Å². The van der Waals surface area contributed by atoms with Gasteiger partial charge in [0.25, 0.3) is 5.56 Å². The average Bonchev–Trinajstić information content (AvgIpc) is 1.96. The number of hydrogen-bond donors (Lipinski definition) is 2. The van der Waals surface area contributed by atoms with E-state index in [1.807, 2.05) is 0 Å². The number of rotatable bonds is 1. The first kappa shape index (κ1) is 7.74. The van der Waals surface area contributed by atoms with Crippen molar-refractivity contribution in [1.29, 1.82) is 0 Å². The molecule has 0 amide bonds. The van der Waals surface area contributed by atoms with Gasteiger partial charge in [0.05, 0.1) is 12.3 Å². The van der Waals surface area contributed by atoms with Crippen molar-refractivity contribution in [2.24, 2.45) is 7.05 Å². The van der Waals surface area contributed by atoms with Crippen LogP contribution in [-0.2, 0) is 13.7 Å². The molecule has 0 atom stereocenters. The molecule has 60 valence electrons. The second-order valence-corrected chi connectivity index (χ2v) is 2.15. The van der Waals surface area contributed by atoms with E-state index in [1.54, 1.807) is 0 Å². The van der Waals surface area contributed by atoms with Crippen LogP contribution in [0.3, 0.4) is 0 Å². The summed E-state index contributed by atoms with van der Waals surface area (Å²) < 4.78 is 1.18. The number of nitrogens with zero attached hydrogens (tertiary/aromatic N) is 1. The summed E-state index contributed by atoms with van der Waals surface area (Å²) in [6.45, 7) is -0.310. The van der Waals surface area contributed by atoms with Gasteiger partial charge < -0.3 is 5.11 Å². The number of aromatic amines is 1. The normalized spacial score (nSPS) is 10.0. The van der Waals surface area contributed by atoms with Crippen LogP contribution in [-0.4, -0.2) is 14.7 Å². The van der Waals surface area contributed by atoms with Crippen molar-refractivity contribution in [3.8, 4) is 0 Å². The van der Waals surface area contributed by atoms with E-state index < -0.39 is 11.2 Å². The van der Waals surface area contributed by atoms with Crippen molar-refractivity contribution in [3.05, 3.63) is 32.6 Å². The minimum Gasteiger partial charge on any atom is -0.390 e. The monoisotopic (exact) mass is 156 g/mol. The van der Waals surface area contributed by atoms with Gasteiger partial charge in [-0.05, 0) is 0 Å². The maximum atomic E-state index is 10.8. The second-order valence-electron chi connectivity index (χ2n) is 2.15. The molecule has 1 rings (SSSR count). The predicted octanol–water partition coefficient (Wildman–Crippen LogP) is -1.43. The van der Waals surface area contributed by atoms with Gasteiger partial charge in [0.15, 0.2) is 0 Å². The highest BCUT2D eigenvalue weighted by atomic mass is 16.3. The predicted molar refractivity (Wildman–Crippen MR) is 38.2 cm³/mol. The third kappa shape index (κ3) is 1.38. The molecule has 1 aromatic heterocycles. The van der Waals surface area contributed by atoms with E-state index in [2.05, 4.69) is 4.98 Å². The van der Waals surface area contributed by atoms with Crippen LogP contribution in [0.25, 0.3) is 0 Å². The molecule has 1 heterocycles. The first-order valence-corrected chi connectivity index (χ1v) is 3.05. The van der Waals surface area contributed by atoms with Crippen LogP contribution in [0.4, 0.5) is 0 Å². The van der Waals surface area contributed by atoms with E-state index in [-0.39, 0.29) is 6.61 Å². The van der Waals surface area contributed by atoms with E-state index in [9.17, 15) is 9.59 Å². The molecule has 5 heteroatoms. The Morgan fingerprint density at radius 3 is 2.82 bits per heavy atom. The quantitative estimate of drug-likeness (QED) is 0.523. The summed E-state index contributed by atoms with van der Waals surface area (Å²) in [5.74, 6) is 0. The lowest BCUT2D eigenvalue weighted by Gasteiger charge is -2.01. The summed E-state index contributed by atoms with van der Waals surface area (Å²) in [6, 6.07) is 1.18. The van der Waals surface area contributed by atoms with Gasteiger partial charge in [0.2, 0.25) is 0 Å². The largest absolute Gasteiger partial charge is 0.390 e. The van der Waals surface area contributed by atoms with Crippen LogP contribution in [0.5, 0.6) is 0 Å². The van der Waals surface area contributed by atoms with Crippen molar-refractivity contribution in [2.45, 2.75) is 6.61 Å². The number of aromatic nitrogens is 2. The summed E-state index contributed by atoms with van der Waals surface area (Å²) in [5, 5.41) is 8.65. The summed E-state index contributed by atoms with van der Waals surface area (Å²) in [4.78, 5) is 23.5. The zero-order valence-corrected chi connectivity index (χ0v) is 6.00. The van der Waals surface area contributed by atoms with Crippen molar-refractivity contribution in [1.82, 2.24) is 9.55 Å². The first-order chi connectivity index (χ1) is 5.15. The lowest BCUT2D eigenvalue weighted by Crippen LogP contribution is -2.30. The smallest absolute Gasteiger partial charge is 0.328 e. The maximum absolute atomic E-state index is 10.8. The van der Waals surface area contributed by atoms with Gasteiger partial charge in [-0.1, -0.05) is 0 Å². The highest BCUT2D eigenvalue weighted by Gasteiger charge is 1.98. The SMILES string of the molecule is Cn1c(CO)cc(=O)[nH]c1=O. The molecule has 0 bridgehead atoms.